The number of nitro groups is 1. The highest BCUT2D eigenvalue weighted by molar-refractivity contribution is 5.96. The standard InChI is InChI=1S/C13H17N3O3.ClH/c1-9-3-4-11(16(18)19)7-12(9)13(17)15-6-5-14-8-10(15)2;/h3-4,7,10,14H,5-6,8H2,1-2H3;1H. The molecule has 2 rings (SSSR count). The SMILES string of the molecule is Cc1ccc([N+](=O)[O-])cc1C(=O)N1CCNCC1C.Cl. The average molecular weight is 300 g/mol. The molecular weight excluding hydrogens is 282 g/mol. The summed E-state index contributed by atoms with van der Waals surface area (Å²) in [6.45, 7) is 5.90. The quantitative estimate of drug-likeness (QED) is 0.667. The molecule has 0 bridgehead atoms. The van der Waals surface area contributed by atoms with E-state index in [-0.39, 0.29) is 30.0 Å². The van der Waals surface area contributed by atoms with Gasteiger partial charge >= 0.3 is 0 Å². The molecule has 1 aromatic carbocycles. The fourth-order valence-corrected chi connectivity index (χ4v) is 2.25. The van der Waals surface area contributed by atoms with Crippen LogP contribution in [0.3, 0.4) is 0 Å². The van der Waals surface area contributed by atoms with Crippen molar-refractivity contribution in [1.82, 2.24) is 10.2 Å². The molecule has 0 aliphatic carbocycles. The number of nitrogens with zero attached hydrogens (tertiary/aromatic N) is 2. The Balaban J connectivity index is 0.00000200. The molecule has 20 heavy (non-hydrogen) atoms. The van der Waals surface area contributed by atoms with Gasteiger partial charge in [-0.1, -0.05) is 6.07 Å². The van der Waals surface area contributed by atoms with Gasteiger partial charge in [-0.25, -0.2) is 0 Å². The van der Waals surface area contributed by atoms with Crippen molar-refractivity contribution in [2.24, 2.45) is 0 Å². The fourth-order valence-electron chi connectivity index (χ4n) is 2.25. The fraction of sp³-hybridized carbons (Fsp3) is 0.462. The van der Waals surface area contributed by atoms with Crippen LogP contribution in [0.4, 0.5) is 5.69 Å². The lowest BCUT2D eigenvalue weighted by atomic mass is 10.0. The van der Waals surface area contributed by atoms with Crippen LogP contribution in [-0.4, -0.2) is 41.4 Å². The van der Waals surface area contributed by atoms with Gasteiger partial charge in [-0.3, -0.25) is 14.9 Å². The third kappa shape index (κ3) is 3.26. The molecule has 1 heterocycles. The van der Waals surface area contributed by atoms with E-state index in [0.29, 0.717) is 12.1 Å². The molecule has 0 aromatic heterocycles. The van der Waals surface area contributed by atoms with Gasteiger partial charge in [0.25, 0.3) is 11.6 Å². The van der Waals surface area contributed by atoms with Gasteiger partial charge in [-0.2, -0.15) is 0 Å². The second-order valence-corrected chi connectivity index (χ2v) is 4.81. The third-order valence-electron chi connectivity index (χ3n) is 3.42. The lowest BCUT2D eigenvalue weighted by Gasteiger charge is -2.34. The van der Waals surface area contributed by atoms with Gasteiger partial charge in [0.15, 0.2) is 0 Å². The molecule has 6 nitrogen and oxygen atoms in total. The molecule has 110 valence electrons. The Morgan fingerprint density at radius 3 is 2.80 bits per heavy atom. The number of nitrogens with one attached hydrogen (secondary N) is 1. The lowest BCUT2D eigenvalue weighted by molar-refractivity contribution is -0.384. The van der Waals surface area contributed by atoms with Gasteiger partial charge < -0.3 is 10.2 Å². The van der Waals surface area contributed by atoms with Crippen molar-refractivity contribution in [1.29, 1.82) is 0 Å². The van der Waals surface area contributed by atoms with Gasteiger partial charge in [-0.15, -0.1) is 12.4 Å². The zero-order chi connectivity index (χ0) is 14.0. The zero-order valence-corrected chi connectivity index (χ0v) is 12.3. The van der Waals surface area contributed by atoms with Crippen LogP contribution in [0.5, 0.6) is 0 Å². The smallest absolute Gasteiger partial charge is 0.270 e. The molecule has 1 aliphatic heterocycles. The zero-order valence-electron chi connectivity index (χ0n) is 11.5. The third-order valence-corrected chi connectivity index (χ3v) is 3.42. The van der Waals surface area contributed by atoms with Gasteiger partial charge in [0.05, 0.1) is 4.92 Å². The minimum absolute atomic E-state index is 0. The Morgan fingerprint density at radius 1 is 1.50 bits per heavy atom. The van der Waals surface area contributed by atoms with Crippen LogP contribution in [0.15, 0.2) is 18.2 Å². The Hall–Kier alpha value is -1.66. The number of piperazine rings is 1. The number of aryl methyl sites for hydroxylation is 1. The number of carbonyl (C=O) groups excluding carboxylic acids is 1. The van der Waals surface area contributed by atoms with Crippen molar-refractivity contribution >= 4 is 24.0 Å². The van der Waals surface area contributed by atoms with Crippen molar-refractivity contribution in [3.63, 3.8) is 0 Å². The molecule has 1 N–H and O–H groups in total. The summed E-state index contributed by atoms with van der Waals surface area (Å²) in [7, 11) is 0. The maximum Gasteiger partial charge on any atom is 0.270 e. The second-order valence-electron chi connectivity index (χ2n) is 4.81. The summed E-state index contributed by atoms with van der Waals surface area (Å²) in [5.74, 6) is -0.129. The number of non-ortho nitro benzene ring substituents is 1. The van der Waals surface area contributed by atoms with Gasteiger partial charge in [-0.05, 0) is 19.4 Å². The molecule has 0 saturated carbocycles. The summed E-state index contributed by atoms with van der Waals surface area (Å²) in [4.78, 5) is 24.6. The Bertz CT molecular complexity index is 522. The number of hydrogen-bond acceptors (Lipinski definition) is 4. The first kappa shape index (κ1) is 16.4. The van der Waals surface area contributed by atoms with E-state index in [1.165, 1.54) is 12.1 Å². The minimum Gasteiger partial charge on any atom is -0.333 e. The van der Waals surface area contributed by atoms with E-state index in [1.807, 2.05) is 6.92 Å². The maximum atomic E-state index is 12.5. The highest BCUT2D eigenvalue weighted by Gasteiger charge is 2.26. The predicted octanol–water partition coefficient (Wildman–Crippen LogP) is 1.76. The van der Waals surface area contributed by atoms with Crippen LogP contribution >= 0.6 is 12.4 Å². The molecule has 1 unspecified atom stereocenters. The van der Waals surface area contributed by atoms with E-state index >= 15 is 0 Å². The van der Waals surface area contributed by atoms with Gasteiger partial charge in [0.2, 0.25) is 0 Å². The maximum absolute atomic E-state index is 12.5. The second kappa shape index (κ2) is 6.67. The molecule has 0 spiro atoms. The number of halogens is 1. The van der Waals surface area contributed by atoms with Crippen LogP contribution in [0.2, 0.25) is 0 Å². The summed E-state index contributed by atoms with van der Waals surface area (Å²) in [6, 6.07) is 4.51. The Morgan fingerprint density at radius 2 is 2.20 bits per heavy atom. The molecule has 0 radical (unpaired) electrons. The largest absolute Gasteiger partial charge is 0.333 e. The molecule has 7 heteroatoms. The van der Waals surface area contributed by atoms with Crippen molar-refractivity contribution in [2.45, 2.75) is 19.9 Å². The monoisotopic (exact) mass is 299 g/mol. The van der Waals surface area contributed by atoms with E-state index in [4.69, 9.17) is 0 Å². The first-order chi connectivity index (χ1) is 9.00. The summed E-state index contributed by atoms with van der Waals surface area (Å²) >= 11 is 0. The minimum atomic E-state index is -0.475. The summed E-state index contributed by atoms with van der Waals surface area (Å²) in [5.41, 5.74) is 1.14. The molecule has 1 fully saturated rings. The van der Waals surface area contributed by atoms with E-state index in [1.54, 1.807) is 17.9 Å². The van der Waals surface area contributed by atoms with Crippen molar-refractivity contribution in [2.75, 3.05) is 19.6 Å². The van der Waals surface area contributed by atoms with E-state index in [2.05, 4.69) is 5.32 Å². The Kier molecular flexibility index (Phi) is 5.47. The molecule has 1 aromatic rings. The summed E-state index contributed by atoms with van der Waals surface area (Å²) in [5, 5.41) is 14.0. The first-order valence-corrected chi connectivity index (χ1v) is 6.27. The molecule has 1 atom stereocenters. The number of amides is 1. The van der Waals surface area contributed by atoms with Crippen LogP contribution in [-0.2, 0) is 0 Å². The van der Waals surface area contributed by atoms with Crippen LogP contribution in [0.1, 0.15) is 22.8 Å². The highest BCUT2D eigenvalue weighted by Crippen LogP contribution is 2.20. The summed E-state index contributed by atoms with van der Waals surface area (Å²) in [6.07, 6.45) is 0. The normalized spacial score (nSPS) is 18.3. The van der Waals surface area contributed by atoms with E-state index in [0.717, 1.165) is 18.7 Å². The van der Waals surface area contributed by atoms with Crippen LogP contribution < -0.4 is 5.32 Å². The Labute approximate surface area is 123 Å². The van der Waals surface area contributed by atoms with Gasteiger partial charge in [0, 0.05) is 43.4 Å². The number of hydrogen-bond donors (Lipinski definition) is 1. The highest BCUT2D eigenvalue weighted by atomic mass is 35.5. The van der Waals surface area contributed by atoms with Crippen LogP contribution in [0, 0.1) is 17.0 Å². The topological polar surface area (TPSA) is 75.5 Å². The van der Waals surface area contributed by atoms with Crippen LogP contribution in [0.25, 0.3) is 0 Å². The molecule has 1 amide bonds. The average Bonchev–Trinajstić information content (AvgIpc) is 2.38. The van der Waals surface area contributed by atoms with E-state index < -0.39 is 4.92 Å². The van der Waals surface area contributed by atoms with E-state index in [9.17, 15) is 14.9 Å². The predicted molar refractivity (Wildman–Crippen MR) is 78.4 cm³/mol. The van der Waals surface area contributed by atoms with Gasteiger partial charge in [0.1, 0.15) is 0 Å². The molecule has 1 saturated heterocycles. The molecular formula is C13H18ClN3O3. The number of benzene rings is 1. The molecule has 1 aliphatic rings. The number of rotatable bonds is 2. The lowest BCUT2D eigenvalue weighted by Crippen LogP contribution is -2.52. The van der Waals surface area contributed by atoms with Crippen molar-refractivity contribution in [3.05, 3.63) is 39.4 Å². The van der Waals surface area contributed by atoms with Crippen molar-refractivity contribution < 1.29 is 9.72 Å². The van der Waals surface area contributed by atoms with Crippen molar-refractivity contribution in [3.8, 4) is 0 Å². The summed E-state index contributed by atoms with van der Waals surface area (Å²) < 4.78 is 0. The first-order valence-electron chi connectivity index (χ1n) is 6.27. The number of carbonyl (C=O) groups is 1. The number of nitro benzene ring substituents is 1.